The first kappa shape index (κ1) is 15.5. The quantitative estimate of drug-likeness (QED) is 0.413. The third-order valence-corrected chi connectivity index (χ3v) is 5.06. The molecule has 5 N–H and O–H groups in total. The Morgan fingerprint density at radius 3 is 2.70 bits per heavy atom. The minimum atomic E-state index is -0.571. The number of rotatable bonds is 2. The number of nitrogen functional groups attached to an aromatic ring is 1. The fourth-order valence-corrected chi connectivity index (χ4v) is 3.78. The first-order valence-electron chi connectivity index (χ1n) is 8.53. The van der Waals surface area contributed by atoms with Crippen molar-refractivity contribution in [3.63, 3.8) is 0 Å². The number of primary amides is 1. The van der Waals surface area contributed by atoms with Gasteiger partial charge < -0.3 is 15.9 Å². The van der Waals surface area contributed by atoms with Crippen LogP contribution in [-0.4, -0.2) is 16.1 Å². The van der Waals surface area contributed by atoms with Crippen LogP contribution in [0.25, 0.3) is 44.0 Å². The lowest BCUT2D eigenvalue weighted by Crippen LogP contribution is -2.14. The normalized spacial score (nSPS) is 11.6. The third-order valence-electron chi connectivity index (χ3n) is 5.06. The van der Waals surface area contributed by atoms with E-state index >= 15 is 0 Å². The lowest BCUT2D eigenvalue weighted by Gasteiger charge is -2.14. The highest BCUT2D eigenvalue weighted by atomic mass is 16.3. The Morgan fingerprint density at radius 2 is 1.89 bits per heavy atom. The molecule has 6 nitrogen and oxygen atoms in total. The van der Waals surface area contributed by atoms with Crippen LogP contribution in [0.15, 0.2) is 53.1 Å². The van der Waals surface area contributed by atoms with E-state index in [0.717, 1.165) is 38.4 Å². The fraction of sp³-hybridized carbons (Fsp3) is 0.0476. The Labute approximate surface area is 153 Å². The van der Waals surface area contributed by atoms with Gasteiger partial charge >= 0.3 is 0 Å². The number of amides is 1. The van der Waals surface area contributed by atoms with E-state index in [0.29, 0.717) is 16.8 Å². The van der Waals surface area contributed by atoms with Gasteiger partial charge in [-0.1, -0.05) is 24.3 Å². The molecule has 5 rings (SSSR count). The lowest BCUT2D eigenvalue weighted by atomic mass is 9.91. The van der Waals surface area contributed by atoms with Gasteiger partial charge in [-0.25, -0.2) is 0 Å². The van der Waals surface area contributed by atoms with Gasteiger partial charge in [-0.05, 0) is 30.7 Å². The van der Waals surface area contributed by atoms with Crippen LogP contribution in [0.5, 0.6) is 0 Å². The number of para-hydroxylation sites is 1. The molecule has 0 unspecified atom stereocenters. The summed E-state index contributed by atoms with van der Waals surface area (Å²) in [6.45, 7) is 1.99. The maximum atomic E-state index is 12.1. The number of aromatic nitrogens is 2. The van der Waals surface area contributed by atoms with Gasteiger partial charge in [-0.2, -0.15) is 5.10 Å². The third kappa shape index (κ3) is 2.07. The molecule has 1 amide bonds. The minimum absolute atomic E-state index is 0.281. The van der Waals surface area contributed by atoms with Gasteiger partial charge in [-0.3, -0.25) is 9.89 Å². The van der Waals surface area contributed by atoms with Gasteiger partial charge in [0.05, 0.1) is 23.0 Å². The molecule has 0 spiro atoms. The molecule has 2 heterocycles. The summed E-state index contributed by atoms with van der Waals surface area (Å²) in [5.74, 6) is -0.571. The summed E-state index contributed by atoms with van der Waals surface area (Å²) in [6.07, 6.45) is 1.75. The Kier molecular flexibility index (Phi) is 3.06. The number of fused-ring (bicyclic) bond motifs is 4. The van der Waals surface area contributed by atoms with Crippen molar-refractivity contribution in [2.75, 3.05) is 5.73 Å². The molecule has 2 aromatic heterocycles. The standard InChI is InChI=1S/C21H16N4O2/c1-10-6-7-15-14(9-24-25-15)17(10)18-19(22)13(21(23)26)8-12-11-4-2-3-5-16(11)27-20(12)18/h2-9H,22H2,1H3,(H2,23,26)(H,24,25). The molecule has 0 atom stereocenters. The number of carbonyl (C=O) groups is 1. The minimum Gasteiger partial charge on any atom is -0.455 e. The van der Waals surface area contributed by atoms with Crippen molar-refractivity contribution in [1.29, 1.82) is 0 Å². The topological polar surface area (TPSA) is 111 Å². The summed E-state index contributed by atoms with van der Waals surface area (Å²) in [5.41, 5.74) is 17.5. The van der Waals surface area contributed by atoms with E-state index in [1.807, 2.05) is 43.3 Å². The Balaban J connectivity index is 2.05. The predicted octanol–water partition coefficient (Wildman–Crippen LogP) is 4.12. The van der Waals surface area contributed by atoms with Crippen molar-refractivity contribution in [3.05, 3.63) is 59.8 Å². The fourth-order valence-electron chi connectivity index (χ4n) is 3.78. The number of H-pyrrole nitrogens is 1. The monoisotopic (exact) mass is 356 g/mol. The van der Waals surface area contributed by atoms with Crippen LogP contribution in [0.4, 0.5) is 5.69 Å². The molecule has 6 heteroatoms. The maximum absolute atomic E-state index is 12.1. The summed E-state index contributed by atoms with van der Waals surface area (Å²) >= 11 is 0. The molecule has 5 aromatic rings. The molecule has 0 saturated carbocycles. The largest absolute Gasteiger partial charge is 0.455 e. The molecular weight excluding hydrogens is 340 g/mol. The number of hydrogen-bond donors (Lipinski definition) is 3. The lowest BCUT2D eigenvalue weighted by molar-refractivity contribution is 0.100. The van der Waals surface area contributed by atoms with E-state index in [-0.39, 0.29) is 5.56 Å². The SMILES string of the molecule is Cc1ccc2[nH]ncc2c1-c1c(N)c(C(N)=O)cc2c1oc1ccccc12. The summed E-state index contributed by atoms with van der Waals surface area (Å²) in [5, 5.41) is 9.75. The Bertz CT molecular complexity index is 1380. The number of furan rings is 1. The number of hydrogen-bond acceptors (Lipinski definition) is 4. The van der Waals surface area contributed by atoms with Crippen molar-refractivity contribution in [1.82, 2.24) is 10.2 Å². The van der Waals surface area contributed by atoms with Crippen molar-refractivity contribution in [2.45, 2.75) is 6.92 Å². The second-order valence-corrected chi connectivity index (χ2v) is 6.64. The average molecular weight is 356 g/mol. The van der Waals surface area contributed by atoms with Crippen LogP contribution in [-0.2, 0) is 0 Å². The molecule has 0 bridgehead atoms. The van der Waals surface area contributed by atoms with Gasteiger partial charge in [0, 0.05) is 27.3 Å². The van der Waals surface area contributed by atoms with Crippen LogP contribution >= 0.6 is 0 Å². The van der Waals surface area contributed by atoms with Crippen LogP contribution in [0.2, 0.25) is 0 Å². The molecule has 132 valence electrons. The molecule has 0 radical (unpaired) electrons. The molecule has 0 aliphatic heterocycles. The van der Waals surface area contributed by atoms with Crippen molar-refractivity contribution in [2.24, 2.45) is 5.73 Å². The molecule has 3 aromatic carbocycles. The van der Waals surface area contributed by atoms with Crippen molar-refractivity contribution < 1.29 is 9.21 Å². The zero-order valence-corrected chi connectivity index (χ0v) is 14.5. The first-order valence-corrected chi connectivity index (χ1v) is 8.53. The van der Waals surface area contributed by atoms with E-state index in [4.69, 9.17) is 15.9 Å². The number of anilines is 1. The van der Waals surface area contributed by atoms with Crippen molar-refractivity contribution >= 4 is 44.4 Å². The maximum Gasteiger partial charge on any atom is 0.250 e. The van der Waals surface area contributed by atoms with Crippen LogP contribution < -0.4 is 11.5 Å². The first-order chi connectivity index (χ1) is 13.1. The summed E-state index contributed by atoms with van der Waals surface area (Å²) in [4.78, 5) is 12.1. The highest BCUT2D eigenvalue weighted by molar-refractivity contribution is 6.19. The second-order valence-electron chi connectivity index (χ2n) is 6.64. The van der Waals surface area contributed by atoms with E-state index in [2.05, 4.69) is 10.2 Å². The second kappa shape index (κ2) is 5.35. The summed E-state index contributed by atoms with van der Waals surface area (Å²) < 4.78 is 6.17. The average Bonchev–Trinajstić information content (AvgIpc) is 3.26. The zero-order chi connectivity index (χ0) is 18.7. The Morgan fingerprint density at radius 1 is 1.07 bits per heavy atom. The number of carbonyl (C=O) groups excluding carboxylic acids is 1. The van der Waals surface area contributed by atoms with Gasteiger partial charge in [0.15, 0.2) is 0 Å². The van der Waals surface area contributed by atoms with Gasteiger partial charge in [0.2, 0.25) is 0 Å². The summed E-state index contributed by atoms with van der Waals surface area (Å²) in [6, 6.07) is 13.4. The van der Waals surface area contributed by atoms with Gasteiger partial charge in [0.25, 0.3) is 5.91 Å². The molecular formula is C21H16N4O2. The molecule has 0 saturated heterocycles. The van der Waals surface area contributed by atoms with Crippen LogP contribution in [0.3, 0.4) is 0 Å². The number of aryl methyl sites for hydroxylation is 1. The van der Waals surface area contributed by atoms with E-state index in [1.165, 1.54) is 0 Å². The number of benzene rings is 3. The Hall–Kier alpha value is -3.80. The predicted molar refractivity (Wildman–Crippen MR) is 106 cm³/mol. The number of nitrogens with one attached hydrogen (secondary N) is 1. The number of aromatic amines is 1. The zero-order valence-electron chi connectivity index (χ0n) is 14.5. The van der Waals surface area contributed by atoms with E-state index < -0.39 is 5.91 Å². The molecule has 0 fully saturated rings. The molecule has 27 heavy (non-hydrogen) atoms. The molecule has 0 aliphatic rings. The van der Waals surface area contributed by atoms with E-state index in [1.54, 1.807) is 12.3 Å². The van der Waals surface area contributed by atoms with Crippen LogP contribution in [0.1, 0.15) is 15.9 Å². The van der Waals surface area contributed by atoms with Gasteiger partial charge in [-0.15, -0.1) is 0 Å². The van der Waals surface area contributed by atoms with Crippen LogP contribution in [0, 0.1) is 6.92 Å². The highest BCUT2D eigenvalue weighted by Crippen LogP contribution is 2.44. The smallest absolute Gasteiger partial charge is 0.250 e. The molecule has 0 aliphatic carbocycles. The summed E-state index contributed by atoms with van der Waals surface area (Å²) in [7, 11) is 0. The van der Waals surface area contributed by atoms with E-state index in [9.17, 15) is 4.79 Å². The van der Waals surface area contributed by atoms with Gasteiger partial charge in [0.1, 0.15) is 11.2 Å². The van der Waals surface area contributed by atoms with Crippen molar-refractivity contribution in [3.8, 4) is 11.1 Å². The highest BCUT2D eigenvalue weighted by Gasteiger charge is 2.23. The number of nitrogens with two attached hydrogens (primary N) is 2. The number of nitrogens with zero attached hydrogens (tertiary/aromatic N) is 1.